The Kier molecular flexibility index (Phi) is 5.22. The third-order valence-corrected chi connectivity index (χ3v) is 6.70. The zero-order valence-corrected chi connectivity index (χ0v) is 18.2. The molecule has 32 heavy (non-hydrogen) atoms. The monoisotopic (exact) mass is 458 g/mol. The van der Waals surface area contributed by atoms with Crippen LogP contribution in [0.3, 0.4) is 0 Å². The maximum Gasteiger partial charge on any atom is 0.410 e. The fourth-order valence-corrected chi connectivity index (χ4v) is 4.97. The summed E-state index contributed by atoms with van der Waals surface area (Å²) in [5.41, 5.74) is 3.97. The van der Waals surface area contributed by atoms with E-state index in [-0.39, 0.29) is 24.9 Å². The van der Waals surface area contributed by atoms with Gasteiger partial charge in [-0.1, -0.05) is 0 Å². The molecule has 1 saturated carbocycles. The molecule has 3 fully saturated rings. The van der Waals surface area contributed by atoms with E-state index in [0.717, 1.165) is 24.1 Å². The number of nitrogens with zero attached hydrogens (tertiary/aromatic N) is 2. The average molecular weight is 459 g/mol. The number of carbonyl (C=O) groups is 2. The number of aromatic nitrogens is 1. The van der Waals surface area contributed by atoms with Crippen LogP contribution in [-0.2, 0) is 22.6 Å². The Labute approximate surface area is 191 Å². The van der Waals surface area contributed by atoms with Crippen molar-refractivity contribution in [2.45, 2.75) is 19.5 Å². The second-order valence-corrected chi connectivity index (χ2v) is 8.95. The number of halogens is 2. The van der Waals surface area contributed by atoms with Gasteiger partial charge in [0.15, 0.2) is 0 Å². The number of H-pyrrole nitrogens is 1. The van der Waals surface area contributed by atoms with Gasteiger partial charge in [-0.25, -0.2) is 9.18 Å². The number of hydrogen-bond donors (Lipinski definition) is 2. The third-order valence-electron chi connectivity index (χ3n) is 6.70. The summed E-state index contributed by atoms with van der Waals surface area (Å²) < 4.78 is 19.5. The van der Waals surface area contributed by atoms with Gasteiger partial charge in [0.1, 0.15) is 12.4 Å². The molecule has 0 spiro atoms. The Morgan fingerprint density at radius 2 is 1.97 bits per heavy atom. The fraction of sp³-hybridized carbons (Fsp3) is 0.391. The smallest absolute Gasteiger partial charge is 0.410 e. The number of cyclic esters (lactones) is 1. The van der Waals surface area contributed by atoms with Crippen molar-refractivity contribution in [1.29, 1.82) is 0 Å². The number of aromatic amines is 1. The van der Waals surface area contributed by atoms with Crippen molar-refractivity contribution in [1.82, 2.24) is 14.8 Å². The van der Waals surface area contributed by atoms with Crippen LogP contribution in [0.4, 0.5) is 14.9 Å². The molecule has 4 heterocycles. The summed E-state index contributed by atoms with van der Waals surface area (Å²) in [4.78, 5) is 31.5. The number of hydrogen-bond acceptors (Lipinski definition) is 4. The van der Waals surface area contributed by atoms with Gasteiger partial charge in [0.05, 0.1) is 24.4 Å². The Balaban J connectivity index is 0.00000216. The lowest BCUT2D eigenvalue weighted by Gasteiger charge is -2.15. The second kappa shape index (κ2) is 7.94. The number of anilines is 1. The zero-order chi connectivity index (χ0) is 21.1. The molecule has 2 amide bonds. The number of fused-ring (bicyclic) bond motifs is 2. The summed E-state index contributed by atoms with van der Waals surface area (Å²) in [5.74, 6) is 1.08. The molecule has 2 aromatic rings. The molecule has 2 saturated heterocycles. The highest BCUT2D eigenvalue weighted by Crippen LogP contribution is 2.45. The zero-order valence-electron chi connectivity index (χ0n) is 17.4. The van der Waals surface area contributed by atoms with Gasteiger partial charge in [0, 0.05) is 42.7 Å². The van der Waals surface area contributed by atoms with Gasteiger partial charge in [0.2, 0.25) is 0 Å². The Hall–Kier alpha value is -2.84. The number of rotatable bonds is 5. The first-order valence-electron chi connectivity index (χ1n) is 10.7. The third kappa shape index (κ3) is 3.78. The summed E-state index contributed by atoms with van der Waals surface area (Å²) in [6.07, 6.45) is 4.73. The van der Waals surface area contributed by atoms with E-state index in [1.54, 1.807) is 12.1 Å². The van der Waals surface area contributed by atoms with Gasteiger partial charge in [-0.3, -0.25) is 9.69 Å². The molecule has 0 unspecified atom stereocenters. The molecule has 168 valence electrons. The Bertz CT molecular complexity index is 1120. The molecule has 2 atom stereocenters. The van der Waals surface area contributed by atoms with Crippen LogP contribution in [0.15, 0.2) is 24.4 Å². The van der Waals surface area contributed by atoms with Gasteiger partial charge in [-0.05, 0) is 48.1 Å². The number of likely N-dealkylation sites (tertiary alicyclic amines) is 1. The van der Waals surface area contributed by atoms with Gasteiger partial charge < -0.3 is 19.9 Å². The first-order chi connectivity index (χ1) is 15.0. The number of amides is 2. The number of benzene rings is 1. The van der Waals surface area contributed by atoms with Gasteiger partial charge in [-0.15, -0.1) is 12.4 Å². The number of nitrogens with one attached hydrogen (secondary N) is 2. The van der Waals surface area contributed by atoms with Crippen molar-refractivity contribution in [3.05, 3.63) is 52.6 Å². The standard InChI is InChI=1S/C23H23FN4O3.ClH/c24-20-7-21-18(5-16(20)12-28-1-2-31-23(28)30)19(22(29)26-21)6-17-3-13(8-25-17)9-27-10-14-4-15(14)11-27;/h3,5-8,14-15,25H,1-2,4,9-12H2,(H,26,29);1H/b19-6-;/t14-,15+;. The molecule has 2 N–H and O–H groups in total. The molecule has 1 aromatic heterocycles. The van der Waals surface area contributed by atoms with E-state index in [9.17, 15) is 14.0 Å². The average Bonchev–Trinajstić information content (AvgIpc) is 3.13. The number of piperidine rings is 1. The molecular weight excluding hydrogens is 435 g/mol. The number of ether oxygens (including phenoxy) is 1. The first kappa shape index (κ1) is 21.0. The van der Waals surface area contributed by atoms with E-state index in [4.69, 9.17) is 4.74 Å². The Morgan fingerprint density at radius 3 is 2.72 bits per heavy atom. The summed E-state index contributed by atoms with van der Waals surface area (Å²) in [5, 5.41) is 2.74. The highest BCUT2D eigenvalue weighted by atomic mass is 35.5. The summed E-state index contributed by atoms with van der Waals surface area (Å²) in [6.45, 7) is 4.13. The predicted molar refractivity (Wildman–Crippen MR) is 120 cm³/mol. The van der Waals surface area contributed by atoms with E-state index in [1.165, 1.54) is 36.0 Å². The minimum Gasteiger partial charge on any atom is -0.448 e. The quantitative estimate of drug-likeness (QED) is 0.672. The minimum atomic E-state index is -0.453. The van der Waals surface area contributed by atoms with Crippen molar-refractivity contribution < 1.29 is 18.7 Å². The van der Waals surface area contributed by atoms with Crippen molar-refractivity contribution in [3.8, 4) is 0 Å². The molecule has 4 aliphatic rings. The van der Waals surface area contributed by atoms with Crippen LogP contribution in [0, 0.1) is 17.7 Å². The summed E-state index contributed by atoms with van der Waals surface area (Å²) >= 11 is 0. The van der Waals surface area contributed by atoms with Crippen molar-refractivity contribution in [2.75, 3.05) is 31.6 Å². The lowest BCUT2D eigenvalue weighted by Crippen LogP contribution is -2.24. The molecule has 0 bridgehead atoms. The number of carbonyl (C=O) groups excluding carboxylic acids is 2. The maximum absolute atomic E-state index is 14.6. The van der Waals surface area contributed by atoms with Crippen LogP contribution in [0.1, 0.15) is 28.8 Å². The van der Waals surface area contributed by atoms with Crippen molar-refractivity contribution >= 4 is 41.7 Å². The maximum atomic E-state index is 14.6. The molecule has 9 heteroatoms. The van der Waals surface area contributed by atoms with Crippen LogP contribution in [0.2, 0.25) is 0 Å². The van der Waals surface area contributed by atoms with Gasteiger partial charge in [0.25, 0.3) is 5.91 Å². The molecular formula is C23H24ClFN4O3. The predicted octanol–water partition coefficient (Wildman–Crippen LogP) is 3.47. The van der Waals surface area contributed by atoms with E-state index in [2.05, 4.69) is 21.3 Å². The van der Waals surface area contributed by atoms with Gasteiger partial charge in [-0.2, -0.15) is 0 Å². The molecule has 1 aliphatic carbocycles. The second-order valence-electron chi connectivity index (χ2n) is 8.95. The highest BCUT2D eigenvalue weighted by molar-refractivity contribution is 6.34. The summed E-state index contributed by atoms with van der Waals surface area (Å²) in [7, 11) is 0. The Morgan fingerprint density at radius 1 is 1.16 bits per heavy atom. The fourth-order valence-electron chi connectivity index (χ4n) is 4.97. The largest absolute Gasteiger partial charge is 0.448 e. The van der Waals surface area contributed by atoms with Crippen molar-refractivity contribution in [3.63, 3.8) is 0 Å². The van der Waals surface area contributed by atoms with E-state index in [1.807, 2.05) is 6.20 Å². The van der Waals surface area contributed by atoms with E-state index in [0.29, 0.717) is 35.5 Å². The molecule has 6 rings (SSSR count). The summed E-state index contributed by atoms with van der Waals surface area (Å²) in [6, 6.07) is 5.04. The molecule has 1 aromatic carbocycles. The topological polar surface area (TPSA) is 77.7 Å². The lowest BCUT2D eigenvalue weighted by molar-refractivity contribution is -0.110. The van der Waals surface area contributed by atoms with Crippen LogP contribution < -0.4 is 5.32 Å². The normalized spacial score (nSPS) is 24.9. The van der Waals surface area contributed by atoms with Crippen LogP contribution in [-0.4, -0.2) is 53.0 Å². The first-order valence-corrected chi connectivity index (χ1v) is 10.7. The van der Waals surface area contributed by atoms with Crippen LogP contribution in [0.25, 0.3) is 11.6 Å². The van der Waals surface area contributed by atoms with Gasteiger partial charge >= 0.3 is 6.09 Å². The lowest BCUT2D eigenvalue weighted by atomic mass is 10.0. The van der Waals surface area contributed by atoms with Crippen molar-refractivity contribution in [2.24, 2.45) is 11.8 Å². The van der Waals surface area contributed by atoms with E-state index >= 15 is 0 Å². The minimum absolute atomic E-state index is 0. The van der Waals surface area contributed by atoms with Crippen LogP contribution in [0.5, 0.6) is 0 Å². The molecule has 3 aliphatic heterocycles. The SMILES string of the molecule is Cl.O=C1Nc2cc(F)c(CN3CCOC3=O)cc2/C1=C/c1cc(CN2C[C@H]3C[C@H]3C2)c[nH]1. The molecule has 7 nitrogen and oxygen atoms in total. The molecule has 0 radical (unpaired) electrons. The highest BCUT2D eigenvalue weighted by Gasteiger charge is 2.44. The van der Waals surface area contributed by atoms with Crippen LogP contribution >= 0.6 is 12.4 Å². The van der Waals surface area contributed by atoms with E-state index < -0.39 is 11.9 Å².